The van der Waals surface area contributed by atoms with E-state index in [0.29, 0.717) is 36.8 Å². The number of benzene rings is 3. The summed E-state index contributed by atoms with van der Waals surface area (Å²) in [5.41, 5.74) is 3.48. The fourth-order valence-corrected chi connectivity index (χ4v) is 4.50. The Labute approximate surface area is 230 Å². The summed E-state index contributed by atoms with van der Waals surface area (Å²) in [5, 5.41) is 13.7. The van der Waals surface area contributed by atoms with Gasteiger partial charge in [0.1, 0.15) is 12.3 Å². The summed E-state index contributed by atoms with van der Waals surface area (Å²) < 4.78 is 15.2. The van der Waals surface area contributed by atoms with Crippen molar-refractivity contribution in [3.63, 3.8) is 0 Å². The SMILES string of the molecule is CNC(=O)c1ccccc1Sc1ccc2c(C#Cc3ccc(NC(=O)OCCOCCOC)cc3)[nH]nc2c1. The molecule has 1 aromatic heterocycles. The molecule has 10 heteroatoms. The van der Waals surface area contributed by atoms with Gasteiger partial charge in [-0.2, -0.15) is 5.10 Å². The van der Waals surface area contributed by atoms with E-state index in [1.165, 1.54) is 11.8 Å². The summed E-state index contributed by atoms with van der Waals surface area (Å²) in [6.45, 7) is 1.41. The molecule has 1 heterocycles. The Hall–Kier alpha value is -4.30. The van der Waals surface area contributed by atoms with Gasteiger partial charge < -0.3 is 19.5 Å². The molecule has 2 amide bonds. The minimum Gasteiger partial charge on any atom is -0.447 e. The van der Waals surface area contributed by atoms with Crippen molar-refractivity contribution >= 4 is 40.4 Å². The van der Waals surface area contributed by atoms with Crippen LogP contribution in [0.1, 0.15) is 21.6 Å². The molecule has 3 aromatic carbocycles. The Bertz CT molecular complexity index is 1490. The van der Waals surface area contributed by atoms with E-state index in [9.17, 15) is 9.59 Å². The Morgan fingerprint density at radius 2 is 1.77 bits per heavy atom. The number of aromatic amines is 1. The van der Waals surface area contributed by atoms with E-state index in [-0.39, 0.29) is 12.5 Å². The third-order valence-electron chi connectivity index (χ3n) is 5.47. The first-order valence-corrected chi connectivity index (χ1v) is 13.0. The number of ether oxygens (including phenoxy) is 3. The summed E-state index contributed by atoms with van der Waals surface area (Å²) in [6.07, 6.45) is -0.553. The molecule has 0 bridgehead atoms. The van der Waals surface area contributed by atoms with Crippen LogP contribution in [0, 0.1) is 11.8 Å². The van der Waals surface area contributed by atoms with E-state index >= 15 is 0 Å². The van der Waals surface area contributed by atoms with Gasteiger partial charge >= 0.3 is 6.09 Å². The van der Waals surface area contributed by atoms with Crippen molar-refractivity contribution in [3.8, 4) is 11.8 Å². The van der Waals surface area contributed by atoms with Gasteiger partial charge in [-0.05, 0) is 60.5 Å². The minimum atomic E-state index is -0.553. The fraction of sp³-hybridized carbons (Fsp3) is 0.207. The van der Waals surface area contributed by atoms with Crippen molar-refractivity contribution < 1.29 is 23.8 Å². The predicted molar refractivity (Wildman–Crippen MR) is 150 cm³/mol. The summed E-state index contributed by atoms with van der Waals surface area (Å²) >= 11 is 1.51. The lowest BCUT2D eigenvalue weighted by atomic mass is 10.2. The smallest absolute Gasteiger partial charge is 0.411 e. The van der Waals surface area contributed by atoms with E-state index in [1.807, 2.05) is 48.5 Å². The molecule has 0 saturated carbocycles. The number of nitrogens with zero attached hydrogens (tertiary/aromatic N) is 1. The summed E-state index contributed by atoms with van der Waals surface area (Å²) in [5.74, 6) is 6.12. The number of amides is 2. The molecule has 0 aliphatic rings. The zero-order valence-corrected chi connectivity index (χ0v) is 22.4. The third kappa shape index (κ3) is 7.85. The van der Waals surface area contributed by atoms with E-state index in [2.05, 4.69) is 32.7 Å². The first-order valence-electron chi connectivity index (χ1n) is 12.2. The Kier molecular flexibility index (Phi) is 9.97. The maximum absolute atomic E-state index is 12.2. The quantitative estimate of drug-likeness (QED) is 0.196. The number of fused-ring (bicyclic) bond motifs is 1. The Balaban J connectivity index is 1.36. The van der Waals surface area contributed by atoms with Gasteiger partial charge in [-0.1, -0.05) is 29.8 Å². The van der Waals surface area contributed by atoms with Crippen LogP contribution in [0.3, 0.4) is 0 Å². The lowest BCUT2D eigenvalue weighted by Gasteiger charge is -2.07. The predicted octanol–water partition coefficient (Wildman–Crippen LogP) is 4.69. The first kappa shape index (κ1) is 27.7. The summed E-state index contributed by atoms with van der Waals surface area (Å²) in [6, 6.07) is 20.5. The maximum atomic E-state index is 12.2. The molecule has 0 unspecified atom stereocenters. The topological polar surface area (TPSA) is 115 Å². The molecular weight excluding hydrogens is 516 g/mol. The second-order valence-electron chi connectivity index (χ2n) is 8.15. The number of methoxy groups -OCH3 is 1. The molecule has 3 N–H and O–H groups in total. The highest BCUT2D eigenvalue weighted by atomic mass is 32.2. The van der Waals surface area contributed by atoms with Gasteiger partial charge in [-0.15, -0.1) is 0 Å². The van der Waals surface area contributed by atoms with Gasteiger partial charge in [0.05, 0.1) is 30.9 Å². The number of hydrogen-bond donors (Lipinski definition) is 3. The van der Waals surface area contributed by atoms with Gasteiger partial charge in [0, 0.05) is 40.6 Å². The number of carbonyl (C=O) groups excluding carboxylic acids is 2. The maximum Gasteiger partial charge on any atom is 0.411 e. The number of rotatable bonds is 10. The standard InChI is InChI=1S/C29H28N4O5S/c1-30-28(34)24-5-3-4-6-27(24)39-22-12-13-23-25(32-33-26(23)19-22)14-9-20-7-10-21(11-8-20)31-29(35)38-18-17-37-16-15-36-2/h3-8,10-13,19H,15-18H2,1-2H3,(H,30,34)(H,31,35)(H,32,33). The van der Waals surface area contributed by atoms with Crippen LogP contribution in [-0.4, -0.2) is 62.8 Å². The number of anilines is 1. The van der Waals surface area contributed by atoms with Crippen molar-refractivity contribution in [2.24, 2.45) is 0 Å². The fourth-order valence-electron chi connectivity index (χ4n) is 3.52. The molecule has 0 fully saturated rings. The molecule has 200 valence electrons. The van der Waals surface area contributed by atoms with Gasteiger partial charge in [0.15, 0.2) is 0 Å². The zero-order chi connectivity index (χ0) is 27.5. The molecule has 0 atom stereocenters. The van der Waals surface area contributed by atoms with Crippen molar-refractivity contribution in [2.45, 2.75) is 9.79 Å². The van der Waals surface area contributed by atoms with Crippen LogP contribution >= 0.6 is 11.8 Å². The monoisotopic (exact) mass is 544 g/mol. The molecule has 0 saturated heterocycles. The van der Waals surface area contributed by atoms with Gasteiger partial charge in [0.2, 0.25) is 0 Å². The average Bonchev–Trinajstić information content (AvgIpc) is 3.36. The van der Waals surface area contributed by atoms with Crippen LogP contribution in [0.2, 0.25) is 0 Å². The number of hydrogen-bond acceptors (Lipinski definition) is 7. The highest BCUT2D eigenvalue weighted by molar-refractivity contribution is 7.99. The molecule has 4 aromatic rings. The second-order valence-corrected chi connectivity index (χ2v) is 9.26. The van der Waals surface area contributed by atoms with E-state index in [4.69, 9.17) is 14.2 Å². The average molecular weight is 545 g/mol. The van der Waals surface area contributed by atoms with Gasteiger partial charge in [-0.3, -0.25) is 15.2 Å². The molecule has 0 aliphatic carbocycles. The van der Waals surface area contributed by atoms with Crippen molar-refractivity contribution in [2.75, 3.05) is 45.9 Å². The van der Waals surface area contributed by atoms with E-state index in [0.717, 1.165) is 26.3 Å². The van der Waals surface area contributed by atoms with Gasteiger partial charge in [0.25, 0.3) is 5.91 Å². The third-order valence-corrected chi connectivity index (χ3v) is 6.53. The largest absolute Gasteiger partial charge is 0.447 e. The van der Waals surface area contributed by atoms with Crippen LogP contribution in [0.15, 0.2) is 76.5 Å². The lowest BCUT2D eigenvalue weighted by molar-refractivity contribution is 0.0447. The molecule has 39 heavy (non-hydrogen) atoms. The van der Waals surface area contributed by atoms with Gasteiger partial charge in [-0.25, -0.2) is 4.79 Å². The zero-order valence-electron chi connectivity index (χ0n) is 21.6. The van der Waals surface area contributed by atoms with Crippen molar-refractivity contribution in [1.29, 1.82) is 0 Å². The Morgan fingerprint density at radius 1 is 0.974 bits per heavy atom. The van der Waals surface area contributed by atoms with Crippen LogP contribution in [-0.2, 0) is 14.2 Å². The Morgan fingerprint density at radius 3 is 2.56 bits per heavy atom. The van der Waals surface area contributed by atoms with Crippen molar-refractivity contribution in [3.05, 3.63) is 83.6 Å². The normalized spacial score (nSPS) is 10.5. The highest BCUT2D eigenvalue weighted by Crippen LogP contribution is 2.32. The van der Waals surface area contributed by atoms with Crippen LogP contribution in [0.5, 0.6) is 0 Å². The van der Waals surface area contributed by atoms with Crippen molar-refractivity contribution in [1.82, 2.24) is 15.5 Å². The number of H-pyrrole nitrogens is 1. The molecule has 9 nitrogen and oxygen atoms in total. The molecular formula is C29H28N4O5S. The van der Waals surface area contributed by atoms with E-state index < -0.39 is 6.09 Å². The van der Waals surface area contributed by atoms with Crippen LogP contribution in [0.4, 0.5) is 10.5 Å². The second kappa shape index (κ2) is 14.0. The lowest BCUT2D eigenvalue weighted by Crippen LogP contribution is -2.18. The summed E-state index contributed by atoms with van der Waals surface area (Å²) in [4.78, 5) is 25.9. The number of aromatic nitrogens is 2. The first-order chi connectivity index (χ1) is 19.1. The molecule has 0 radical (unpaired) electrons. The summed E-state index contributed by atoms with van der Waals surface area (Å²) in [7, 11) is 3.21. The number of nitrogens with one attached hydrogen (secondary N) is 3. The molecule has 0 aliphatic heterocycles. The molecule has 4 rings (SSSR count). The minimum absolute atomic E-state index is 0.125. The molecule has 0 spiro atoms. The highest BCUT2D eigenvalue weighted by Gasteiger charge is 2.12. The number of carbonyl (C=O) groups is 2. The van der Waals surface area contributed by atoms with E-state index in [1.54, 1.807) is 32.4 Å². The van der Waals surface area contributed by atoms with Crippen LogP contribution < -0.4 is 10.6 Å². The van der Waals surface area contributed by atoms with Crippen LogP contribution in [0.25, 0.3) is 10.9 Å².